The van der Waals surface area contributed by atoms with Crippen LogP contribution < -0.4 is 4.74 Å². The SMILES string of the molecule is C=C(CC)COc1ccc(O)c2c1C(=O)c1ccccc1C2=O. The average Bonchev–Trinajstić information content (AvgIpc) is 2.58. The van der Waals surface area contributed by atoms with Gasteiger partial charge in [0.25, 0.3) is 0 Å². The number of phenols is 1. The number of hydrogen-bond acceptors (Lipinski definition) is 4. The maximum Gasteiger partial charge on any atom is 0.198 e. The lowest BCUT2D eigenvalue weighted by Crippen LogP contribution is -2.22. The Morgan fingerprint density at radius 2 is 1.65 bits per heavy atom. The summed E-state index contributed by atoms with van der Waals surface area (Å²) < 4.78 is 5.66. The summed E-state index contributed by atoms with van der Waals surface area (Å²) in [5.41, 5.74) is 1.64. The van der Waals surface area contributed by atoms with Crippen LogP contribution in [-0.2, 0) is 0 Å². The molecule has 2 aromatic carbocycles. The molecular weight excluding hydrogens is 292 g/mol. The molecule has 116 valence electrons. The molecule has 1 aliphatic carbocycles. The van der Waals surface area contributed by atoms with Gasteiger partial charge in [0, 0.05) is 11.1 Å². The molecule has 0 aromatic heterocycles. The number of hydrogen-bond donors (Lipinski definition) is 1. The van der Waals surface area contributed by atoms with Crippen molar-refractivity contribution in [2.75, 3.05) is 6.61 Å². The van der Waals surface area contributed by atoms with Gasteiger partial charge in [0.15, 0.2) is 11.6 Å². The summed E-state index contributed by atoms with van der Waals surface area (Å²) in [4.78, 5) is 25.4. The molecule has 23 heavy (non-hydrogen) atoms. The van der Waals surface area contributed by atoms with Crippen LogP contribution in [0.1, 0.15) is 45.2 Å². The van der Waals surface area contributed by atoms with E-state index in [1.807, 2.05) is 6.92 Å². The third-order valence-corrected chi connectivity index (χ3v) is 3.95. The highest BCUT2D eigenvalue weighted by Gasteiger charge is 2.34. The highest BCUT2D eigenvalue weighted by atomic mass is 16.5. The molecule has 0 saturated heterocycles. The molecule has 0 atom stereocenters. The number of fused-ring (bicyclic) bond motifs is 2. The lowest BCUT2D eigenvalue weighted by Gasteiger charge is -2.21. The van der Waals surface area contributed by atoms with Crippen LogP contribution in [0.5, 0.6) is 11.5 Å². The fourth-order valence-corrected chi connectivity index (χ4v) is 2.58. The van der Waals surface area contributed by atoms with Crippen molar-refractivity contribution in [3.8, 4) is 11.5 Å². The minimum atomic E-state index is -0.368. The smallest absolute Gasteiger partial charge is 0.198 e. The number of aromatic hydroxyl groups is 1. The van der Waals surface area contributed by atoms with Gasteiger partial charge in [0.1, 0.15) is 18.1 Å². The molecular formula is C19H16O4. The predicted molar refractivity (Wildman–Crippen MR) is 86.3 cm³/mol. The monoisotopic (exact) mass is 308 g/mol. The van der Waals surface area contributed by atoms with Crippen molar-refractivity contribution in [1.29, 1.82) is 0 Å². The van der Waals surface area contributed by atoms with Gasteiger partial charge in [-0.15, -0.1) is 0 Å². The molecule has 1 N–H and O–H groups in total. The summed E-state index contributed by atoms with van der Waals surface area (Å²) in [6.07, 6.45) is 0.760. The number of carbonyl (C=O) groups is 2. The zero-order chi connectivity index (χ0) is 16.6. The molecule has 0 saturated carbocycles. The van der Waals surface area contributed by atoms with Crippen LogP contribution in [0.15, 0.2) is 48.6 Å². The van der Waals surface area contributed by atoms with Gasteiger partial charge < -0.3 is 9.84 Å². The van der Waals surface area contributed by atoms with Crippen molar-refractivity contribution in [2.45, 2.75) is 13.3 Å². The first kappa shape index (κ1) is 15.0. The molecule has 1 aliphatic rings. The van der Waals surface area contributed by atoms with Gasteiger partial charge in [-0.05, 0) is 24.1 Å². The summed E-state index contributed by atoms with van der Waals surface area (Å²) in [5, 5.41) is 10.1. The fourth-order valence-electron chi connectivity index (χ4n) is 2.58. The van der Waals surface area contributed by atoms with Gasteiger partial charge in [-0.2, -0.15) is 0 Å². The lowest BCUT2D eigenvalue weighted by atomic mass is 9.83. The van der Waals surface area contributed by atoms with Gasteiger partial charge in [-0.3, -0.25) is 9.59 Å². The second-order valence-electron chi connectivity index (χ2n) is 5.43. The number of carbonyl (C=O) groups excluding carboxylic acids is 2. The Kier molecular flexibility index (Phi) is 3.74. The van der Waals surface area contributed by atoms with E-state index in [2.05, 4.69) is 6.58 Å². The largest absolute Gasteiger partial charge is 0.507 e. The molecule has 0 amide bonds. The van der Waals surface area contributed by atoms with E-state index in [1.54, 1.807) is 24.3 Å². The molecule has 2 aromatic rings. The van der Waals surface area contributed by atoms with Gasteiger partial charge in [0.2, 0.25) is 0 Å². The van der Waals surface area contributed by atoms with Crippen molar-refractivity contribution in [1.82, 2.24) is 0 Å². The third kappa shape index (κ3) is 2.42. The minimum Gasteiger partial charge on any atom is -0.507 e. The number of ketones is 2. The summed E-state index contributed by atoms with van der Waals surface area (Å²) >= 11 is 0. The molecule has 0 unspecified atom stereocenters. The van der Waals surface area contributed by atoms with Crippen molar-refractivity contribution < 1.29 is 19.4 Å². The fraction of sp³-hybridized carbons (Fsp3) is 0.158. The van der Waals surface area contributed by atoms with E-state index in [0.29, 0.717) is 16.9 Å². The van der Waals surface area contributed by atoms with Gasteiger partial charge >= 0.3 is 0 Å². The normalized spacial score (nSPS) is 12.6. The van der Waals surface area contributed by atoms with Crippen molar-refractivity contribution in [2.24, 2.45) is 0 Å². The number of rotatable bonds is 4. The highest BCUT2D eigenvalue weighted by Crippen LogP contribution is 2.38. The molecule has 0 spiro atoms. The van der Waals surface area contributed by atoms with Crippen LogP contribution >= 0.6 is 0 Å². The molecule has 0 bridgehead atoms. The van der Waals surface area contributed by atoms with Gasteiger partial charge in [-0.25, -0.2) is 0 Å². The summed E-state index contributed by atoms with van der Waals surface area (Å²) in [6.45, 7) is 6.08. The summed E-state index contributed by atoms with van der Waals surface area (Å²) in [7, 11) is 0. The van der Waals surface area contributed by atoms with E-state index < -0.39 is 0 Å². The molecule has 0 radical (unpaired) electrons. The summed E-state index contributed by atoms with van der Waals surface area (Å²) in [5.74, 6) is -0.606. The van der Waals surface area contributed by atoms with Crippen LogP contribution in [-0.4, -0.2) is 23.3 Å². The van der Waals surface area contributed by atoms with Crippen LogP contribution in [0, 0.1) is 0 Å². The quantitative estimate of drug-likeness (QED) is 0.749. The first-order valence-electron chi connectivity index (χ1n) is 7.38. The van der Waals surface area contributed by atoms with Crippen LogP contribution in [0.3, 0.4) is 0 Å². The Hall–Kier alpha value is -2.88. The standard InChI is InChI=1S/C19H16O4/c1-3-11(2)10-23-15-9-8-14(20)16-17(15)19(22)13-7-5-4-6-12(13)18(16)21/h4-9,20H,2-3,10H2,1H3. The summed E-state index contributed by atoms with van der Waals surface area (Å²) in [6, 6.07) is 9.48. The van der Waals surface area contributed by atoms with Crippen LogP contribution in [0.25, 0.3) is 0 Å². The minimum absolute atomic E-state index is 0.00770. The lowest BCUT2D eigenvalue weighted by molar-refractivity contribution is 0.0973. The molecule has 0 aliphatic heterocycles. The molecule has 3 rings (SSSR count). The second-order valence-corrected chi connectivity index (χ2v) is 5.43. The second kappa shape index (κ2) is 5.72. The predicted octanol–water partition coefficient (Wildman–Crippen LogP) is 3.51. The zero-order valence-corrected chi connectivity index (χ0v) is 12.8. The number of benzene rings is 2. The van der Waals surface area contributed by atoms with Crippen molar-refractivity contribution in [3.63, 3.8) is 0 Å². The van der Waals surface area contributed by atoms with E-state index in [1.165, 1.54) is 12.1 Å². The maximum absolute atomic E-state index is 12.8. The topological polar surface area (TPSA) is 63.6 Å². The van der Waals surface area contributed by atoms with Gasteiger partial charge in [0.05, 0.1) is 11.1 Å². The van der Waals surface area contributed by atoms with E-state index in [-0.39, 0.29) is 35.0 Å². The van der Waals surface area contributed by atoms with E-state index >= 15 is 0 Å². The van der Waals surface area contributed by atoms with E-state index in [4.69, 9.17) is 4.74 Å². The van der Waals surface area contributed by atoms with Crippen LogP contribution in [0.2, 0.25) is 0 Å². The third-order valence-electron chi connectivity index (χ3n) is 3.95. The van der Waals surface area contributed by atoms with Crippen LogP contribution in [0.4, 0.5) is 0 Å². The van der Waals surface area contributed by atoms with E-state index in [9.17, 15) is 14.7 Å². The Bertz CT molecular complexity index is 833. The Balaban J connectivity index is 2.13. The first-order valence-corrected chi connectivity index (χ1v) is 7.38. The maximum atomic E-state index is 12.8. The Labute approximate surface area is 134 Å². The Morgan fingerprint density at radius 1 is 1.04 bits per heavy atom. The number of ether oxygens (including phenoxy) is 1. The number of phenolic OH excluding ortho intramolecular Hbond substituents is 1. The van der Waals surface area contributed by atoms with Crippen molar-refractivity contribution >= 4 is 11.6 Å². The van der Waals surface area contributed by atoms with E-state index in [0.717, 1.165) is 12.0 Å². The molecule has 0 fully saturated rings. The van der Waals surface area contributed by atoms with Crippen molar-refractivity contribution in [3.05, 3.63) is 70.8 Å². The highest BCUT2D eigenvalue weighted by molar-refractivity contribution is 6.30. The Morgan fingerprint density at radius 3 is 2.26 bits per heavy atom. The molecule has 4 nitrogen and oxygen atoms in total. The first-order chi connectivity index (χ1) is 11.0. The average molecular weight is 308 g/mol. The molecule has 0 heterocycles. The molecule has 4 heteroatoms. The van der Waals surface area contributed by atoms with Gasteiger partial charge in [-0.1, -0.05) is 37.8 Å². The zero-order valence-electron chi connectivity index (χ0n) is 12.8.